The van der Waals surface area contributed by atoms with Crippen LogP contribution in [0.4, 0.5) is 11.5 Å². The van der Waals surface area contributed by atoms with Crippen molar-refractivity contribution in [2.75, 3.05) is 5.32 Å². The molecule has 26 heavy (non-hydrogen) atoms. The van der Waals surface area contributed by atoms with E-state index in [1.807, 2.05) is 60.7 Å². The van der Waals surface area contributed by atoms with Crippen LogP contribution in [-0.2, 0) is 6.42 Å². The van der Waals surface area contributed by atoms with Gasteiger partial charge < -0.3 is 5.32 Å². The second-order valence-electron chi connectivity index (χ2n) is 7.52. The summed E-state index contributed by atoms with van der Waals surface area (Å²) in [6.07, 6.45) is 1.28. The molecule has 0 bridgehead atoms. The minimum absolute atomic E-state index is 0.0869. The van der Waals surface area contributed by atoms with Gasteiger partial charge in [-0.2, -0.15) is 0 Å². The number of hydrogen-bond acceptors (Lipinski definition) is 4. The third-order valence-electron chi connectivity index (χ3n) is 4.62. The van der Waals surface area contributed by atoms with Crippen molar-refractivity contribution in [1.29, 1.82) is 0 Å². The highest BCUT2D eigenvalue weighted by Gasteiger charge is 2.35. The molecule has 4 heteroatoms. The molecule has 0 fully saturated rings. The molecular weight excluding hydrogens is 322 g/mol. The minimum atomic E-state index is -0.0869. The number of anilines is 2. The van der Waals surface area contributed by atoms with Gasteiger partial charge in [0.1, 0.15) is 5.82 Å². The van der Waals surface area contributed by atoms with E-state index in [1.54, 1.807) is 0 Å². The number of benzene rings is 2. The van der Waals surface area contributed by atoms with Crippen LogP contribution in [0.3, 0.4) is 0 Å². The third-order valence-corrected chi connectivity index (χ3v) is 4.62. The number of fused-ring (bicyclic) bond motifs is 1. The zero-order chi connectivity index (χ0) is 18.1. The lowest BCUT2D eigenvalue weighted by molar-refractivity contribution is 0.0911. The Bertz CT molecular complexity index is 950. The molecule has 0 aliphatic heterocycles. The smallest absolute Gasteiger partial charge is 0.168 e. The summed E-state index contributed by atoms with van der Waals surface area (Å²) >= 11 is 0. The number of carbonyl (C=O) groups excluding carboxylic acids is 1. The molecule has 1 N–H and O–H groups in total. The van der Waals surface area contributed by atoms with E-state index in [0.29, 0.717) is 23.6 Å². The number of carbonyl (C=O) groups is 1. The first-order valence-corrected chi connectivity index (χ1v) is 8.83. The van der Waals surface area contributed by atoms with Gasteiger partial charge in [-0.1, -0.05) is 62.4 Å². The fourth-order valence-corrected chi connectivity index (χ4v) is 3.43. The summed E-state index contributed by atoms with van der Waals surface area (Å²) in [5.41, 5.74) is 3.23. The number of nitrogens with zero attached hydrogens (tertiary/aromatic N) is 2. The number of rotatable bonds is 3. The molecule has 0 unspecified atom stereocenters. The summed E-state index contributed by atoms with van der Waals surface area (Å²) in [4.78, 5) is 22.3. The van der Waals surface area contributed by atoms with Crippen molar-refractivity contribution in [3.05, 3.63) is 71.9 Å². The van der Waals surface area contributed by atoms with Crippen LogP contribution in [0, 0.1) is 5.41 Å². The first-order valence-electron chi connectivity index (χ1n) is 8.83. The zero-order valence-electron chi connectivity index (χ0n) is 15.0. The predicted molar refractivity (Wildman–Crippen MR) is 104 cm³/mol. The van der Waals surface area contributed by atoms with Crippen molar-refractivity contribution < 1.29 is 4.79 Å². The molecule has 0 radical (unpaired) electrons. The summed E-state index contributed by atoms with van der Waals surface area (Å²) in [6, 6.07) is 19.7. The molecule has 0 spiro atoms. The van der Waals surface area contributed by atoms with Gasteiger partial charge in [-0.15, -0.1) is 0 Å². The van der Waals surface area contributed by atoms with Gasteiger partial charge in [-0.25, -0.2) is 9.97 Å². The maximum absolute atomic E-state index is 12.8. The van der Waals surface area contributed by atoms with E-state index in [9.17, 15) is 4.79 Å². The van der Waals surface area contributed by atoms with E-state index in [0.717, 1.165) is 23.4 Å². The lowest BCUT2D eigenvalue weighted by Gasteiger charge is -2.30. The fraction of sp³-hybridized carbons (Fsp3) is 0.227. The van der Waals surface area contributed by atoms with Crippen molar-refractivity contribution in [3.8, 4) is 11.4 Å². The van der Waals surface area contributed by atoms with E-state index < -0.39 is 0 Å². The van der Waals surface area contributed by atoms with Crippen molar-refractivity contribution >= 4 is 17.3 Å². The van der Waals surface area contributed by atoms with Crippen LogP contribution in [0.5, 0.6) is 0 Å². The predicted octanol–water partition coefficient (Wildman–Crippen LogP) is 5.04. The van der Waals surface area contributed by atoms with Crippen LogP contribution < -0.4 is 5.32 Å². The molecule has 0 amide bonds. The van der Waals surface area contributed by atoms with Gasteiger partial charge in [0.05, 0.1) is 11.3 Å². The molecule has 0 saturated carbocycles. The largest absolute Gasteiger partial charge is 0.339 e. The van der Waals surface area contributed by atoms with Gasteiger partial charge in [0.25, 0.3) is 0 Å². The van der Waals surface area contributed by atoms with E-state index in [2.05, 4.69) is 19.2 Å². The number of nitrogens with one attached hydrogen (secondary N) is 1. The number of Topliss-reactive ketones (excluding diaryl/α,β-unsaturated/α-hetero) is 1. The highest BCUT2D eigenvalue weighted by Crippen LogP contribution is 2.38. The summed E-state index contributed by atoms with van der Waals surface area (Å²) in [6.45, 7) is 4.23. The van der Waals surface area contributed by atoms with E-state index in [1.165, 1.54) is 0 Å². The molecular formula is C22H21N3O. The highest BCUT2D eigenvalue weighted by molar-refractivity contribution is 6.03. The standard InChI is InChI=1S/C22H21N3O/c1-22(2)13-17-19(18(26)14-22)21(23-16-11-7-4-8-12-16)25-20(24-17)15-9-5-3-6-10-15/h3-12H,13-14H2,1-2H3,(H,23,24,25). The molecule has 3 aromatic rings. The normalized spacial score (nSPS) is 15.4. The van der Waals surface area contributed by atoms with Crippen LogP contribution >= 0.6 is 0 Å². The Morgan fingerprint density at radius 3 is 2.23 bits per heavy atom. The number of aromatic nitrogens is 2. The van der Waals surface area contributed by atoms with Crippen molar-refractivity contribution in [3.63, 3.8) is 0 Å². The molecule has 130 valence electrons. The molecule has 1 aliphatic carbocycles. The molecule has 2 aromatic carbocycles. The van der Waals surface area contributed by atoms with Crippen molar-refractivity contribution in [2.24, 2.45) is 5.41 Å². The highest BCUT2D eigenvalue weighted by atomic mass is 16.1. The van der Waals surface area contributed by atoms with E-state index >= 15 is 0 Å². The Labute approximate surface area is 153 Å². The molecule has 1 aliphatic rings. The van der Waals surface area contributed by atoms with Gasteiger partial charge in [-0.05, 0) is 24.0 Å². The second kappa shape index (κ2) is 6.37. The molecule has 1 heterocycles. The van der Waals surface area contributed by atoms with Crippen LogP contribution in [0.15, 0.2) is 60.7 Å². The average molecular weight is 343 g/mol. The van der Waals surface area contributed by atoms with Gasteiger partial charge in [-0.3, -0.25) is 4.79 Å². The summed E-state index contributed by atoms with van der Waals surface area (Å²) in [5.74, 6) is 1.35. The lowest BCUT2D eigenvalue weighted by atomic mass is 9.75. The Kier molecular flexibility index (Phi) is 4.03. The SMILES string of the molecule is CC1(C)CC(=O)c2c(nc(-c3ccccc3)nc2Nc2ccccc2)C1. The first kappa shape index (κ1) is 16.5. The van der Waals surface area contributed by atoms with Crippen molar-refractivity contribution in [2.45, 2.75) is 26.7 Å². The van der Waals surface area contributed by atoms with Gasteiger partial charge in [0, 0.05) is 17.7 Å². The molecule has 4 rings (SSSR count). The first-order chi connectivity index (χ1) is 12.5. The number of hydrogen-bond donors (Lipinski definition) is 1. The van der Waals surface area contributed by atoms with Gasteiger partial charge in [0.2, 0.25) is 0 Å². The van der Waals surface area contributed by atoms with E-state index in [-0.39, 0.29) is 11.2 Å². The maximum atomic E-state index is 12.8. The topological polar surface area (TPSA) is 54.9 Å². The van der Waals surface area contributed by atoms with Crippen LogP contribution in [0.1, 0.15) is 36.3 Å². The van der Waals surface area contributed by atoms with Crippen LogP contribution in [0.2, 0.25) is 0 Å². The molecule has 4 nitrogen and oxygen atoms in total. The molecule has 1 aromatic heterocycles. The summed E-state index contributed by atoms with van der Waals surface area (Å²) < 4.78 is 0. The van der Waals surface area contributed by atoms with Crippen molar-refractivity contribution in [1.82, 2.24) is 9.97 Å². The quantitative estimate of drug-likeness (QED) is 0.723. The van der Waals surface area contributed by atoms with E-state index in [4.69, 9.17) is 9.97 Å². The molecule has 0 atom stereocenters. The Balaban J connectivity index is 1.87. The lowest BCUT2D eigenvalue weighted by Crippen LogP contribution is -2.29. The number of ketones is 1. The van der Waals surface area contributed by atoms with Gasteiger partial charge in [0.15, 0.2) is 11.6 Å². The minimum Gasteiger partial charge on any atom is -0.339 e. The monoisotopic (exact) mass is 343 g/mol. The average Bonchev–Trinajstić information content (AvgIpc) is 2.61. The number of para-hydroxylation sites is 1. The Morgan fingerprint density at radius 1 is 0.885 bits per heavy atom. The van der Waals surface area contributed by atoms with Crippen LogP contribution in [0.25, 0.3) is 11.4 Å². The van der Waals surface area contributed by atoms with Gasteiger partial charge >= 0.3 is 0 Å². The molecule has 0 saturated heterocycles. The maximum Gasteiger partial charge on any atom is 0.168 e. The Morgan fingerprint density at radius 2 is 1.54 bits per heavy atom. The Hall–Kier alpha value is -3.01. The summed E-state index contributed by atoms with van der Waals surface area (Å²) in [5, 5.41) is 3.33. The fourth-order valence-electron chi connectivity index (χ4n) is 3.43. The second-order valence-corrected chi connectivity index (χ2v) is 7.52. The zero-order valence-corrected chi connectivity index (χ0v) is 15.0. The van der Waals surface area contributed by atoms with Crippen LogP contribution in [-0.4, -0.2) is 15.8 Å². The third kappa shape index (κ3) is 3.23. The summed E-state index contributed by atoms with van der Waals surface area (Å²) in [7, 11) is 0.